The predicted molar refractivity (Wildman–Crippen MR) is 274 cm³/mol. The Kier molecular flexibility index (Phi) is 8.29. The fraction of sp³-hybridized carbons (Fsp3) is 0.0476. The molecule has 0 fully saturated rings. The molecule has 0 aliphatic heterocycles. The Labute approximate surface area is 379 Å². The van der Waals surface area contributed by atoms with E-state index in [1.807, 2.05) is 0 Å². The summed E-state index contributed by atoms with van der Waals surface area (Å²) in [5.41, 5.74) is 19.2. The van der Waals surface area contributed by atoms with Crippen molar-refractivity contribution >= 4 is 66.4 Å². The maximum Gasteiger partial charge on any atom is 0.0732 e. The summed E-state index contributed by atoms with van der Waals surface area (Å²) in [6.07, 6.45) is 0. The molecule has 11 aromatic carbocycles. The third-order valence-corrected chi connectivity index (χ3v) is 14.1. The number of rotatable bonds is 6. The van der Waals surface area contributed by atoms with E-state index in [2.05, 4.69) is 254 Å². The number of hydrogen-bond donors (Lipinski definition) is 0. The van der Waals surface area contributed by atoms with E-state index in [-0.39, 0.29) is 0 Å². The highest BCUT2D eigenvalue weighted by atomic mass is 15.1. The van der Waals surface area contributed by atoms with Crippen LogP contribution in [-0.4, -0.2) is 0 Å². The average Bonchev–Trinajstić information content (AvgIpc) is 3.84. The summed E-state index contributed by atoms with van der Waals surface area (Å²) in [5, 5.41) is 7.50. The number of nitrogens with zero attached hydrogens (tertiary/aromatic N) is 2. The van der Waals surface area contributed by atoms with E-state index in [9.17, 15) is 0 Å². The second-order valence-electron chi connectivity index (χ2n) is 17.7. The normalized spacial score (nSPS) is 12.9. The third-order valence-electron chi connectivity index (χ3n) is 14.1. The molecule has 0 radical (unpaired) electrons. The average molecular weight is 829 g/mol. The van der Waals surface area contributed by atoms with E-state index in [0.29, 0.717) is 0 Å². The topological polar surface area (TPSA) is 6.48 Å². The zero-order valence-corrected chi connectivity index (χ0v) is 36.3. The summed E-state index contributed by atoms with van der Waals surface area (Å²) in [6.45, 7) is 4.32. The van der Waals surface area contributed by atoms with Gasteiger partial charge in [-0.15, -0.1) is 0 Å². The lowest BCUT2D eigenvalue weighted by Crippen LogP contribution is -2.26. The molecule has 0 heterocycles. The van der Waals surface area contributed by atoms with Crippen LogP contribution in [0.3, 0.4) is 0 Å². The summed E-state index contributed by atoms with van der Waals surface area (Å²) in [5.74, 6) is 0. The molecule has 0 unspecified atom stereocenters. The molecule has 0 aromatic heterocycles. The molecule has 65 heavy (non-hydrogen) atoms. The maximum atomic E-state index is 2.56. The van der Waals surface area contributed by atoms with Crippen LogP contribution in [0.5, 0.6) is 0 Å². The molecule has 2 nitrogen and oxygen atoms in total. The number of fused-ring (bicyclic) bond motifs is 17. The van der Waals surface area contributed by atoms with E-state index in [1.54, 1.807) is 0 Å². The molecule has 0 atom stereocenters. The van der Waals surface area contributed by atoms with Crippen molar-refractivity contribution in [2.45, 2.75) is 19.3 Å². The Hall–Kier alpha value is -8.20. The third kappa shape index (κ3) is 5.41. The smallest absolute Gasteiger partial charge is 0.0732 e. The fourth-order valence-corrected chi connectivity index (χ4v) is 11.4. The summed E-state index contributed by atoms with van der Waals surface area (Å²) in [6, 6.07) is 86.0. The Bertz CT molecular complexity index is 3620. The first-order valence-corrected chi connectivity index (χ1v) is 22.7. The Morgan fingerprint density at radius 1 is 0.292 bits per heavy atom. The first-order valence-electron chi connectivity index (χ1n) is 22.7. The van der Waals surface area contributed by atoms with Gasteiger partial charge in [0.25, 0.3) is 0 Å². The summed E-state index contributed by atoms with van der Waals surface area (Å²) >= 11 is 0. The van der Waals surface area contributed by atoms with Crippen LogP contribution in [0.25, 0.3) is 54.6 Å². The molecule has 0 N–H and O–H groups in total. The molecule has 2 aliphatic rings. The summed E-state index contributed by atoms with van der Waals surface area (Å²) < 4.78 is 0. The van der Waals surface area contributed by atoms with Crippen LogP contribution in [0.15, 0.2) is 231 Å². The van der Waals surface area contributed by atoms with Gasteiger partial charge in [0, 0.05) is 33.8 Å². The quantitative estimate of drug-likeness (QED) is 0.154. The Morgan fingerprint density at radius 2 is 0.738 bits per heavy atom. The van der Waals surface area contributed by atoms with Crippen LogP contribution in [0, 0.1) is 13.8 Å². The van der Waals surface area contributed by atoms with Crippen LogP contribution in [0.2, 0.25) is 0 Å². The minimum atomic E-state index is -0.619. The molecule has 2 aliphatic carbocycles. The Morgan fingerprint density at radius 3 is 1.34 bits per heavy atom. The highest BCUT2D eigenvalue weighted by molar-refractivity contribution is 6.24. The van der Waals surface area contributed by atoms with Crippen molar-refractivity contribution in [2.75, 3.05) is 9.80 Å². The van der Waals surface area contributed by atoms with Crippen LogP contribution >= 0.6 is 0 Å². The summed E-state index contributed by atoms with van der Waals surface area (Å²) in [7, 11) is 0. The van der Waals surface area contributed by atoms with Crippen molar-refractivity contribution in [3.8, 4) is 22.3 Å². The molecule has 13 rings (SSSR count). The van der Waals surface area contributed by atoms with Gasteiger partial charge in [-0.25, -0.2) is 0 Å². The van der Waals surface area contributed by atoms with Gasteiger partial charge in [0.1, 0.15) is 0 Å². The maximum absolute atomic E-state index is 2.56. The van der Waals surface area contributed by atoms with Gasteiger partial charge < -0.3 is 9.80 Å². The largest absolute Gasteiger partial charge is 0.310 e. The molecule has 2 heteroatoms. The van der Waals surface area contributed by atoms with E-state index in [1.165, 1.54) is 88.0 Å². The van der Waals surface area contributed by atoms with Gasteiger partial charge in [-0.3, -0.25) is 0 Å². The van der Waals surface area contributed by atoms with Crippen molar-refractivity contribution in [2.24, 2.45) is 0 Å². The van der Waals surface area contributed by atoms with Gasteiger partial charge in [-0.2, -0.15) is 0 Å². The number of aryl methyl sites for hydroxylation is 2. The standard InChI is InChI=1S/C63H44N2/c1-41-29-33-45(34-30-41)64(43-17-5-3-6-18-43)47-37-38-54-55(39-47)48-21-9-11-25-52(48)61-60-53-26-12-10-24-51(53)59(65(44-19-7-4-8-20-44)46-35-31-42(2)32-36-46)40-58(60)63(62(54)61)56-27-15-13-22-49(56)50-23-14-16-28-57(50)63/h3-40H,1-2H3. The van der Waals surface area contributed by atoms with Crippen LogP contribution < -0.4 is 9.80 Å². The van der Waals surface area contributed by atoms with Gasteiger partial charge in [0.2, 0.25) is 0 Å². The molecule has 0 amide bonds. The van der Waals surface area contributed by atoms with Crippen molar-refractivity contribution in [1.29, 1.82) is 0 Å². The molecule has 1 spiro atoms. The molecule has 0 bridgehead atoms. The second-order valence-corrected chi connectivity index (χ2v) is 17.7. The van der Waals surface area contributed by atoms with Crippen LogP contribution in [0.1, 0.15) is 33.4 Å². The molecule has 306 valence electrons. The molecular weight excluding hydrogens is 785 g/mol. The van der Waals surface area contributed by atoms with E-state index in [0.717, 1.165) is 34.1 Å². The zero-order valence-electron chi connectivity index (χ0n) is 36.3. The number of benzene rings is 11. The van der Waals surface area contributed by atoms with Crippen molar-refractivity contribution < 1.29 is 0 Å². The number of anilines is 6. The first kappa shape index (κ1) is 37.4. The molecular formula is C63H44N2. The predicted octanol–water partition coefficient (Wildman–Crippen LogP) is 17.0. The fourth-order valence-electron chi connectivity index (χ4n) is 11.4. The monoisotopic (exact) mass is 828 g/mol. The lowest BCUT2D eigenvalue weighted by molar-refractivity contribution is 0.802. The molecule has 0 saturated carbocycles. The van der Waals surface area contributed by atoms with E-state index < -0.39 is 5.41 Å². The number of para-hydroxylation sites is 2. The van der Waals surface area contributed by atoms with E-state index in [4.69, 9.17) is 0 Å². The van der Waals surface area contributed by atoms with E-state index >= 15 is 0 Å². The van der Waals surface area contributed by atoms with Crippen LogP contribution in [0.4, 0.5) is 34.1 Å². The van der Waals surface area contributed by atoms with Crippen molar-refractivity contribution in [3.05, 3.63) is 264 Å². The van der Waals surface area contributed by atoms with Gasteiger partial charge >= 0.3 is 0 Å². The minimum Gasteiger partial charge on any atom is -0.310 e. The first-order chi connectivity index (χ1) is 32.1. The summed E-state index contributed by atoms with van der Waals surface area (Å²) in [4.78, 5) is 4.87. The zero-order chi connectivity index (χ0) is 43.2. The SMILES string of the molecule is Cc1ccc(N(c2ccccc2)c2ccc3c4c(c5ccccc5c3c2)-c2c(cc(N(c3ccccc3)c3ccc(C)cc3)c3ccccc23)C42c3ccccc3-c3ccccc32)cc1. The lowest BCUT2D eigenvalue weighted by atomic mass is 9.69. The van der Waals surface area contributed by atoms with Gasteiger partial charge in [-0.1, -0.05) is 175 Å². The second kappa shape index (κ2) is 14.4. The highest BCUT2D eigenvalue weighted by Crippen LogP contribution is 2.67. The van der Waals surface area contributed by atoms with Gasteiger partial charge in [0.05, 0.1) is 11.1 Å². The Balaban J connectivity index is 1.19. The lowest BCUT2D eigenvalue weighted by Gasteiger charge is -2.34. The number of hydrogen-bond acceptors (Lipinski definition) is 2. The minimum absolute atomic E-state index is 0.619. The molecule has 11 aromatic rings. The van der Waals surface area contributed by atoms with Crippen molar-refractivity contribution in [3.63, 3.8) is 0 Å². The molecule has 0 saturated heterocycles. The van der Waals surface area contributed by atoms with Gasteiger partial charge in [-0.05, 0) is 152 Å². The highest BCUT2D eigenvalue weighted by Gasteiger charge is 2.54. The van der Waals surface area contributed by atoms with Gasteiger partial charge in [0.15, 0.2) is 0 Å². The van der Waals surface area contributed by atoms with Crippen molar-refractivity contribution in [1.82, 2.24) is 0 Å². The van der Waals surface area contributed by atoms with Crippen LogP contribution in [-0.2, 0) is 5.41 Å².